The molecular formula is C9H15NO. The fraction of sp³-hybridized carbons (Fsp3) is 0.667. The average Bonchev–Trinajstić information content (AvgIpc) is 1.85. The first-order chi connectivity index (χ1) is 4.89. The van der Waals surface area contributed by atoms with E-state index in [1.165, 1.54) is 0 Å². The van der Waals surface area contributed by atoms with Gasteiger partial charge >= 0.3 is 0 Å². The first-order valence-corrected chi connectivity index (χ1v) is 3.85. The second kappa shape index (κ2) is 2.10. The molecule has 1 aliphatic heterocycles. The van der Waals surface area contributed by atoms with Crippen molar-refractivity contribution < 1.29 is 4.79 Å². The van der Waals surface area contributed by atoms with Gasteiger partial charge in [-0.3, -0.25) is 4.79 Å². The van der Waals surface area contributed by atoms with Crippen LogP contribution in [0.3, 0.4) is 0 Å². The maximum Gasteiger partial charge on any atom is 0.252 e. The zero-order chi connectivity index (χ0) is 8.81. The SMILES string of the molecule is CC(C)=C1C(=O)N(C)C1(C)C. The van der Waals surface area contributed by atoms with Gasteiger partial charge < -0.3 is 4.90 Å². The number of hydrogen-bond donors (Lipinski definition) is 0. The van der Waals surface area contributed by atoms with Gasteiger partial charge in [0.05, 0.1) is 5.54 Å². The summed E-state index contributed by atoms with van der Waals surface area (Å²) in [7, 11) is 1.84. The van der Waals surface area contributed by atoms with Crippen LogP contribution in [0.15, 0.2) is 11.1 Å². The van der Waals surface area contributed by atoms with Crippen LogP contribution in [0.25, 0.3) is 0 Å². The molecule has 0 aliphatic carbocycles. The molecule has 62 valence electrons. The van der Waals surface area contributed by atoms with Gasteiger partial charge in [-0.25, -0.2) is 0 Å². The summed E-state index contributed by atoms with van der Waals surface area (Å²) >= 11 is 0. The van der Waals surface area contributed by atoms with Crippen molar-refractivity contribution in [2.24, 2.45) is 0 Å². The summed E-state index contributed by atoms with van der Waals surface area (Å²) in [6.07, 6.45) is 0. The van der Waals surface area contributed by atoms with Crippen LogP contribution in [-0.4, -0.2) is 23.4 Å². The number of hydrogen-bond acceptors (Lipinski definition) is 1. The predicted molar refractivity (Wildman–Crippen MR) is 45.2 cm³/mol. The maximum atomic E-state index is 11.3. The summed E-state index contributed by atoms with van der Waals surface area (Å²) in [5, 5.41) is 0. The van der Waals surface area contributed by atoms with Crippen LogP contribution >= 0.6 is 0 Å². The predicted octanol–water partition coefficient (Wildman–Crippen LogP) is 1.57. The summed E-state index contributed by atoms with van der Waals surface area (Å²) in [5.41, 5.74) is 2.06. The second-order valence-corrected chi connectivity index (χ2v) is 3.80. The monoisotopic (exact) mass is 153 g/mol. The highest BCUT2D eigenvalue weighted by Crippen LogP contribution is 2.36. The normalized spacial score (nSPS) is 21.7. The van der Waals surface area contributed by atoms with Crippen molar-refractivity contribution in [2.45, 2.75) is 33.2 Å². The first kappa shape index (κ1) is 8.31. The molecule has 0 aromatic rings. The van der Waals surface area contributed by atoms with Gasteiger partial charge in [-0.2, -0.15) is 0 Å². The third kappa shape index (κ3) is 0.889. The van der Waals surface area contributed by atoms with E-state index in [2.05, 4.69) is 13.8 Å². The van der Waals surface area contributed by atoms with Crippen LogP contribution in [0.2, 0.25) is 0 Å². The largest absolute Gasteiger partial charge is 0.333 e. The Morgan fingerprint density at radius 2 is 1.82 bits per heavy atom. The van der Waals surface area contributed by atoms with Gasteiger partial charge in [0.2, 0.25) is 0 Å². The molecule has 11 heavy (non-hydrogen) atoms. The van der Waals surface area contributed by atoms with Crippen molar-refractivity contribution >= 4 is 5.91 Å². The Balaban J connectivity index is 3.05. The fourth-order valence-corrected chi connectivity index (χ4v) is 1.62. The van der Waals surface area contributed by atoms with Gasteiger partial charge in [0.1, 0.15) is 0 Å². The average molecular weight is 153 g/mol. The molecule has 1 saturated heterocycles. The smallest absolute Gasteiger partial charge is 0.252 e. The van der Waals surface area contributed by atoms with Crippen LogP contribution in [-0.2, 0) is 4.79 Å². The highest BCUT2D eigenvalue weighted by Gasteiger charge is 2.46. The van der Waals surface area contributed by atoms with E-state index in [0.717, 1.165) is 11.1 Å². The standard InChI is InChI=1S/C9H15NO/c1-6(2)7-8(11)10(5)9(7,3)4/h1-5H3. The molecule has 2 nitrogen and oxygen atoms in total. The maximum absolute atomic E-state index is 11.3. The Morgan fingerprint density at radius 1 is 1.36 bits per heavy atom. The molecule has 2 heteroatoms. The summed E-state index contributed by atoms with van der Waals surface area (Å²) in [6.45, 7) is 8.11. The number of likely N-dealkylation sites (N-methyl/N-ethyl adjacent to an activating group) is 1. The summed E-state index contributed by atoms with van der Waals surface area (Å²) in [5.74, 6) is 0.176. The van der Waals surface area contributed by atoms with Crippen molar-refractivity contribution in [1.82, 2.24) is 4.90 Å². The molecule has 0 aromatic heterocycles. The van der Waals surface area contributed by atoms with Gasteiger partial charge in [0, 0.05) is 12.6 Å². The van der Waals surface area contributed by atoms with E-state index < -0.39 is 0 Å². The van der Waals surface area contributed by atoms with Crippen LogP contribution in [0, 0.1) is 0 Å². The molecule has 0 bridgehead atoms. The first-order valence-electron chi connectivity index (χ1n) is 3.85. The van der Waals surface area contributed by atoms with E-state index in [1.54, 1.807) is 4.90 Å². The number of nitrogens with zero attached hydrogens (tertiary/aromatic N) is 1. The van der Waals surface area contributed by atoms with Crippen molar-refractivity contribution in [1.29, 1.82) is 0 Å². The van der Waals surface area contributed by atoms with E-state index in [-0.39, 0.29) is 11.4 Å². The number of rotatable bonds is 0. The minimum atomic E-state index is -0.0457. The van der Waals surface area contributed by atoms with E-state index in [4.69, 9.17) is 0 Å². The molecule has 0 saturated carbocycles. The van der Waals surface area contributed by atoms with Gasteiger partial charge in [-0.1, -0.05) is 5.57 Å². The van der Waals surface area contributed by atoms with Gasteiger partial charge in [0.25, 0.3) is 5.91 Å². The highest BCUT2D eigenvalue weighted by atomic mass is 16.2. The third-order valence-corrected chi connectivity index (χ3v) is 2.47. The molecule has 0 aromatic carbocycles. The zero-order valence-electron chi connectivity index (χ0n) is 7.86. The van der Waals surface area contributed by atoms with Crippen molar-refractivity contribution in [3.8, 4) is 0 Å². The molecule has 1 fully saturated rings. The lowest BCUT2D eigenvalue weighted by Gasteiger charge is -2.48. The van der Waals surface area contributed by atoms with E-state index >= 15 is 0 Å². The lowest BCUT2D eigenvalue weighted by molar-refractivity contribution is -0.139. The minimum absolute atomic E-state index is 0.0457. The molecule has 1 rings (SSSR count). The third-order valence-electron chi connectivity index (χ3n) is 2.47. The summed E-state index contributed by atoms with van der Waals surface area (Å²) < 4.78 is 0. The molecule has 1 heterocycles. The van der Waals surface area contributed by atoms with Crippen LogP contribution in [0.5, 0.6) is 0 Å². The number of amides is 1. The van der Waals surface area contributed by atoms with E-state index in [0.29, 0.717) is 0 Å². The van der Waals surface area contributed by atoms with Crippen LogP contribution in [0.4, 0.5) is 0 Å². The highest BCUT2D eigenvalue weighted by molar-refractivity contribution is 6.03. The number of carbonyl (C=O) groups is 1. The Morgan fingerprint density at radius 3 is 2.00 bits per heavy atom. The summed E-state index contributed by atoms with van der Waals surface area (Å²) in [4.78, 5) is 13.1. The van der Waals surface area contributed by atoms with Crippen molar-refractivity contribution in [3.05, 3.63) is 11.1 Å². The van der Waals surface area contributed by atoms with Gasteiger partial charge in [0.15, 0.2) is 0 Å². The Kier molecular flexibility index (Phi) is 1.58. The molecule has 0 radical (unpaired) electrons. The number of carbonyl (C=O) groups excluding carboxylic acids is 1. The topological polar surface area (TPSA) is 20.3 Å². The molecule has 0 spiro atoms. The molecule has 0 N–H and O–H groups in total. The minimum Gasteiger partial charge on any atom is -0.333 e. The molecular weight excluding hydrogens is 138 g/mol. The summed E-state index contributed by atoms with van der Waals surface area (Å²) in [6, 6.07) is 0. The molecule has 0 atom stereocenters. The van der Waals surface area contributed by atoms with Crippen molar-refractivity contribution in [3.63, 3.8) is 0 Å². The van der Waals surface area contributed by atoms with Crippen LogP contribution < -0.4 is 0 Å². The Bertz CT molecular complexity index is 234. The number of β-lactam (4-membered cyclic amide) rings is 1. The quantitative estimate of drug-likeness (QED) is 0.382. The Hall–Kier alpha value is -0.790. The van der Waals surface area contributed by atoms with Gasteiger partial charge in [-0.05, 0) is 27.7 Å². The van der Waals surface area contributed by atoms with Gasteiger partial charge in [-0.15, -0.1) is 0 Å². The fourth-order valence-electron chi connectivity index (χ4n) is 1.62. The number of likely N-dealkylation sites (tertiary alicyclic amines) is 1. The van der Waals surface area contributed by atoms with Crippen LogP contribution in [0.1, 0.15) is 27.7 Å². The number of allylic oxidation sites excluding steroid dienone is 1. The van der Waals surface area contributed by atoms with E-state index in [9.17, 15) is 4.79 Å². The lowest BCUT2D eigenvalue weighted by Crippen LogP contribution is -2.60. The molecule has 0 unspecified atom stereocenters. The molecule has 1 aliphatic rings. The second-order valence-electron chi connectivity index (χ2n) is 3.80. The van der Waals surface area contributed by atoms with Crippen molar-refractivity contribution in [2.75, 3.05) is 7.05 Å². The Labute approximate surface area is 67.9 Å². The zero-order valence-corrected chi connectivity index (χ0v) is 7.86. The van der Waals surface area contributed by atoms with E-state index in [1.807, 2.05) is 20.9 Å². The molecule has 1 amide bonds. The lowest BCUT2D eigenvalue weighted by atomic mass is 9.80.